The summed E-state index contributed by atoms with van der Waals surface area (Å²) in [6, 6.07) is 0. The molecule has 11 heavy (non-hydrogen) atoms. The Kier molecular flexibility index (Phi) is 2.84. The lowest BCUT2D eigenvalue weighted by Gasteiger charge is -1.96. The highest BCUT2D eigenvalue weighted by atomic mass is 14.7. The first kappa shape index (κ1) is 7.99. The van der Waals surface area contributed by atoms with Gasteiger partial charge in [-0.05, 0) is 18.9 Å². The Bertz CT molecular complexity index is 242. The lowest BCUT2D eigenvalue weighted by Crippen LogP contribution is -1.92. The van der Waals surface area contributed by atoms with Crippen LogP contribution >= 0.6 is 0 Å². The summed E-state index contributed by atoms with van der Waals surface area (Å²) in [7, 11) is 1.82. The minimum absolute atomic E-state index is 1.02. The van der Waals surface area contributed by atoms with Gasteiger partial charge in [0.15, 0.2) is 0 Å². The Hall–Kier alpha value is -1.11. The molecule has 0 amide bonds. The van der Waals surface area contributed by atoms with Crippen LogP contribution in [0.2, 0.25) is 0 Å². The van der Waals surface area contributed by atoms with E-state index in [-0.39, 0.29) is 0 Å². The van der Waals surface area contributed by atoms with E-state index in [1.807, 2.05) is 14.0 Å². The lowest BCUT2D eigenvalue weighted by molar-refractivity contribution is 1.39. The number of allylic oxidation sites excluding steroid dienone is 6. The van der Waals surface area contributed by atoms with Gasteiger partial charge < -0.3 is 0 Å². The number of hydrogen-bond acceptors (Lipinski definition) is 1. The van der Waals surface area contributed by atoms with Crippen molar-refractivity contribution in [3.8, 4) is 0 Å². The molecular formula is C10H13N. The maximum absolute atomic E-state index is 4.12. The van der Waals surface area contributed by atoms with Gasteiger partial charge in [0.1, 0.15) is 0 Å². The second kappa shape index (κ2) is 3.91. The average molecular weight is 147 g/mol. The summed E-state index contributed by atoms with van der Waals surface area (Å²) in [4.78, 5) is 4.12. The molecule has 0 saturated heterocycles. The van der Waals surface area contributed by atoms with Gasteiger partial charge in [-0.25, -0.2) is 0 Å². The molecule has 1 aliphatic rings. The zero-order chi connectivity index (χ0) is 8.10. The third-order valence-electron chi connectivity index (χ3n) is 1.73. The summed E-state index contributed by atoms with van der Waals surface area (Å²) in [5.41, 5.74) is 2.30. The molecule has 0 aromatic carbocycles. The van der Waals surface area contributed by atoms with E-state index in [1.54, 1.807) is 0 Å². The highest BCUT2D eigenvalue weighted by Crippen LogP contribution is 2.05. The van der Waals surface area contributed by atoms with E-state index in [2.05, 4.69) is 35.4 Å². The molecule has 1 nitrogen and oxygen atoms in total. The summed E-state index contributed by atoms with van der Waals surface area (Å²) < 4.78 is 0. The quantitative estimate of drug-likeness (QED) is 0.505. The Morgan fingerprint density at radius 1 is 1.45 bits per heavy atom. The molecule has 0 heterocycles. The molecule has 0 atom stereocenters. The third-order valence-corrected chi connectivity index (χ3v) is 1.73. The van der Waals surface area contributed by atoms with Gasteiger partial charge in [0, 0.05) is 12.8 Å². The summed E-state index contributed by atoms with van der Waals surface area (Å²) in [5, 5.41) is 0. The van der Waals surface area contributed by atoms with Crippen molar-refractivity contribution in [3.05, 3.63) is 36.0 Å². The van der Waals surface area contributed by atoms with Crippen molar-refractivity contribution in [2.75, 3.05) is 7.05 Å². The van der Waals surface area contributed by atoms with Crippen molar-refractivity contribution < 1.29 is 0 Å². The molecule has 0 aliphatic heterocycles. The van der Waals surface area contributed by atoms with E-state index in [9.17, 15) is 0 Å². The van der Waals surface area contributed by atoms with Gasteiger partial charge in [0.2, 0.25) is 0 Å². The van der Waals surface area contributed by atoms with Crippen LogP contribution in [0.4, 0.5) is 0 Å². The maximum atomic E-state index is 4.12. The lowest BCUT2D eigenvalue weighted by atomic mass is 10.1. The summed E-state index contributed by atoms with van der Waals surface area (Å²) in [6.07, 6.45) is 11.6. The molecule has 0 fully saturated rings. The molecule has 0 spiro atoms. The van der Waals surface area contributed by atoms with Gasteiger partial charge in [-0.15, -0.1) is 0 Å². The van der Waals surface area contributed by atoms with Gasteiger partial charge in [-0.3, -0.25) is 4.99 Å². The predicted octanol–water partition coefficient (Wildman–Crippen LogP) is 2.52. The smallest absolute Gasteiger partial charge is 0.0386 e. The fraction of sp³-hybridized carbons (Fsp3) is 0.300. The van der Waals surface area contributed by atoms with Gasteiger partial charge >= 0.3 is 0 Å². The van der Waals surface area contributed by atoms with E-state index in [0.717, 1.165) is 12.1 Å². The van der Waals surface area contributed by atoms with E-state index in [4.69, 9.17) is 0 Å². The Labute approximate surface area is 67.8 Å². The molecule has 58 valence electrons. The van der Waals surface area contributed by atoms with Crippen LogP contribution in [0.25, 0.3) is 0 Å². The number of nitrogens with zero attached hydrogens (tertiary/aromatic N) is 1. The molecular weight excluding hydrogens is 134 g/mol. The highest BCUT2D eigenvalue weighted by Gasteiger charge is 1.95. The topological polar surface area (TPSA) is 12.4 Å². The zero-order valence-electron chi connectivity index (χ0n) is 7.04. The largest absolute Gasteiger partial charge is 0.293 e. The fourth-order valence-electron chi connectivity index (χ4n) is 0.950. The van der Waals surface area contributed by atoms with E-state index in [0.29, 0.717) is 0 Å². The van der Waals surface area contributed by atoms with Crippen molar-refractivity contribution >= 4 is 5.71 Å². The minimum atomic E-state index is 1.02. The third kappa shape index (κ3) is 2.19. The van der Waals surface area contributed by atoms with Crippen LogP contribution in [0.15, 0.2) is 40.9 Å². The molecule has 0 aromatic heterocycles. The first-order chi connectivity index (χ1) is 5.34. The predicted molar refractivity (Wildman–Crippen MR) is 50.0 cm³/mol. The average Bonchev–Trinajstić information content (AvgIpc) is 2.30. The van der Waals surface area contributed by atoms with Crippen LogP contribution in [0.5, 0.6) is 0 Å². The van der Waals surface area contributed by atoms with Gasteiger partial charge in [-0.2, -0.15) is 0 Å². The first-order valence-electron chi connectivity index (χ1n) is 3.81. The van der Waals surface area contributed by atoms with Crippen LogP contribution < -0.4 is 0 Å². The van der Waals surface area contributed by atoms with Gasteiger partial charge in [-0.1, -0.05) is 30.4 Å². The van der Waals surface area contributed by atoms with Gasteiger partial charge in [0.25, 0.3) is 0 Å². The van der Waals surface area contributed by atoms with Gasteiger partial charge in [0.05, 0.1) is 0 Å². The molecule has 1 aliphatic carbocycles. The zero-order valence-corrected chi connectivity index (χ0v) is 7.04. The second-order valence-corrected chi connectivity index (χ2v) is 2.50. The van der Waals surface area contributed by atoms with Crippen molar-refractivity contribution in [1.82, 2.24) is 0 Å². The Morgan fingerprint density at radius 3 is 3.00 bits per heavy atom. The number of aliphatic imine (C=N–C) groups is 1. The second-order valence-electron chi connectivity index (χ2n) is 2.50. The molecule has 1 heteroatoms. The fourth-order valence-corrected chi connectivity index (χ4v) is 0.950. The number of hydrogen-bond donors (Lipinski definition) is 0. The van der Waals surface area contributed by atoms with Crippen LogP contribution in [-0.4, -0.2) is 12.8 Å². The van der Waals surface area contributed by atoms with Crippen molar-refractivity contribution in [2.45, 2.75) is 13.3 Å². The highest BCUT2D eigenvalue weighted by molar-refractivity contribution is 6.00. The summed E-state index contributed by atoms with van der Waals surface area (Å²) in [6.45, 7) is 2.02. The molecule has 0 bridgehead atoms. The number of rotatable bonds is 1. The van der Waals surface area contributed by atoms with Crippen molar-refractivity contribution in [3.63, 3.8) is 0 Å². The standard InChI is InChI=1S/C10H13N/c1-9(11-2)10-7-5-3-4-6-8-10/h3,5-8H,4H2,1-2H3/b11-9+. The molecule has 0 radical (unpaired) electrons. The first-order valence-corrected chi connectivity index (χ1v) is 3.81. The van der Waals surface area contributed by atoms with Crippen molar-refractivity contribution in [2.24, 2.45) is 4.99 Å². The Balaban J connectivity index is 2.85. The Morgan fingerprint density at radius 2 is 2.27 bits per heavy atom. The van der Waals surface area contributed by atoms with Crippen LogP contribution in [0.3, 0.4) is 0 Å². The summed E-state index contributed by atoms with van der Waals surface area (Å²) >= 11 is 0. The SMILES string of the molecule is C/N=C(\C)C1=CC=CCC=C1. The molecule has 0 saturated carbocycles. The minimum Gasteiger partial charge on any atom is -0.293 e. The van der Waals surface area contributed by atoms with Crippen LogP contribution in [0, 0.1) is 0 Å². The normalized spacial score (nSPS) is 18.0. The molecule has 1 rings (SSSR count). The van der Waals surface area contributed by atoms with E-state index < -0.39 is 0 Å². The summed E-state index contributed by atoms with van der Waals surface area (Å²) in [5.74, 6) is 0. The maximum Gasteiger partial charge on any atom is 0.0386 e. The molecule has 0 N–H and O–H groups in total. The van der Waals surface area contributed by atoms with E-state index in [1.165, 1.54) is 5.57 Å². The van der Waals surface area contributed by atoms with Crippen LogP contribution in [0.1, 0.15) is 13.3 Å². The monoisotopic (exact) mass is 147 g/mol. The molecule has 0 unspecified atom stereocenters. The molecule has 0 aromatic rings. The van der Waals surface area contributed by atoms with Crippen molar-refractivity contribution in [1.29, 1.82) is 0 Å². The van der Waals surface area contributed by atoms with E-state index >= 15 is 0 Å². The van der Waals surface area contributed by atoms with Crippen LogP contribution in [-0.2, 0) is 0 Å².